The van der Waals surface area contributed by atoms with Gasteiger partial charge in [0.05, 0.1) is 6.61 Å². The lowest BCUT2D eigenvalue weighted by Gasteiger charge is -2.05. The molecule has 0 saturated heterocycles. The average molecular weight is 285 g/mol. The highest BCUT2D eigenvalue weighted by atomic mass is 32.2. The summed E-state index contributed by atoms with van der Waals surface area (Å²) in [5.74, 6) is 5.55. The van der Waals surface area contributed by atoms with Crippen LogP contribution in [0.25, 0.3) is 0 Å². The van der Waals surface area contributed by atoms with Gasteiger partial charge in [-0.3, -0.25) is 5.43 Å². The Hall–Kier alpha value is -1.52. The van der Waals surface area contributed by atoms with Crippen LogP contribution >= 0.6 is 23.3 Å². The third kappa shape index (κ3) is 3.48. The predicted molar refractivity (Wildman–Crippen MR) is 67.5 cm³/mol. The third-order valence-corrected chi connectivity index (χ3v) is 3.26. The van der Waals surface area contributed by atoms with Crippen molar-refractivity contribution < 1.29 is 4.74 Å². The van der Waals surface area contributed by atoms with Gasteiger partial charge in [0.2, 0.25) is 11.1 Å². The summed E-state index contributed by atoms with van der Waals surface area (Å²) in [4.78, 5) is 16.3. The number of rotatable bonds is 6. The molecule has 3 N–H and O–H groups in total. The monoisotopic (exact) mass is 285 g/mol. The molecular weight excluding hydrogens is 274 g/mol. The van der Waals surface area contributed by atoms with E-state index in [1.165, 1.54) is 29.6 Å². The third-order valence-electron chi connectivity index (χ3n) is 1.68. The molecule has 0 aromatic carbocycles. The number of nitrogens with zero attached hydrogens (tertiary/aromatic N) is 5. The maximum atomic E-state index is 5.35. The lowest BCUT2D eigenvalue weighted by Crippen LogP contribution is -2.13. The lowest BCUT2D eigenvalue weighted by atomic mass is 10.5. The van der Waals surface area contributed by atoms with Crippen molar-refractivity contribution in [1.82, 2.24) is 24.3 Å². The Balaban J connectivity index is 2.17. The summed E-state index contributed by atoms with van der Waals surface area (Å²) in [5, 5.41) is 0.459. The van der Waals surface area contributed by atoms with Crippen molar-refractivity contribution in [2.24, 2.45) is 5.84 Å². The van der Waals surface area contributed by atoms with Gasteiger partial charge in [0.1, 0.15) is 6.33 Å². The normalized spacial score (nSPS) is 10.3. The highest BCUT2D eigenvalue weighted by Crippen LogP contribution is 2.26. The van der Waals surface area contributed by atoms with Gasteiger partial charge >= 0.3 is 6.01 Å². The Kier molecular flexibility index (Phi) is 4.61. The van der Waals surface area contributed by atoms with Gasteiger partial charge in [0, 0.05) is 0 Å². The molecule has 10 heteroatoms. The Labute approximate surface area is 112 Å². The summed E-state index contributed by atoms with van der Waals surface area (Å²) >= 11 is 2.54. The largest absolute Gasteiger partial charge is 0.463 e. The van der Waals surface area contributed by atoms with Crippen LogP contribution in [0.3, 0.4) is 0 Å². The molecule has 2 rings (SSSR count). The molecule has 2 aromatic rings. The zero-order chi connectivity index (χ0) is 12.8. The molecule has 96 valence electrons. The summed E-state index contributed by atoms with van der Waals surface area (Å²) < 4.78 is 9.99. The van der Waals surface area contributed by atoms with Crippen molar-refractivity contribution in [3.63, 3.8) is 0 Å². The van der Waals surface area contributed by atoms with Crippen LogP contribution in [-0.4, -0.2) is 30.9 Å². The summed E-state index contributed by atoms with van der Waals surface area (Å²) in [5.41, 5.74) is 2.38. The molecule has 0 amide bonds. The summed E-state index contributed by atoms with van der Waals surface area (Å²) in [7, 11) is 0. The number of hydrogen-bond donors (Lipinski definition) is 2. The number of hydrazine groups is 1. The summed E-state index contributed by atoms with van der Waals surface area (Å²) in [6.45, 7) is 2.54. The molecule has 0 radical (unpaired) electrons. The van der Waals surface area contributed by atoms with Crippen molar-refractivity contribution in [2.75, 3.05) is 12.0 Å². The van der Waals surface area contributed by atoms with Crippen LogP contribution in [0, 0.1) is 0 Å². The number of nitrogens with two attached hydrogens (primary N) is 1. The highest BCUT2D eigenvalue weighted by molar-refractivity contribution is 8.00. The Morgan fingerprint density at radius 2 is 2.33 bits per heavy atom. The second-order valence-corrected chi connectivity index (χ2v) is 5.02. The van der Waals surface area contributed by atoms with Gasteiger partial charge in [-0.2, -0.15) is 19.3 Å². The van der Waals surface area contributed by atoms with Crippen LogP contribution < -0.4 is 16.0 Å². The van der Waals surface area contributed by atoms with Gasteiger partial charge in [-0.05, 0) is 29.7 Å². The molecule has 0 aliphatic carbocycles. The van der Waals surface area contributed by atoms with Crippen molar-refractivity contribution in [1.29, 1.82) is 0 Å². The van der Waals surface area contributed by atoms with E-state index < -0.39 is 0 Å². The van der Waals surface area contributed by atoms with Gasteiger partial charge < -0.3 is 4.74 Å². The first-order chi connectivity index (χ1) is 8.81. The molecule has 18 heavy (non-hydrogen) atoms. The van der Waals surface area contributed by atoms with E-state index >= 15 is 0 Å². The van der Waals surface area contributed by atoms with Gasteiger partial charge in [-0.15, -0.1) is 0 Å². The molecule has 8 nitrogen and oxygen atoms in total. The quantitative estimate of drug-likeness (QED) is 0.591. The van der Waals surface area contributed by atoms with Crippen LogP contribution in [0.15, 0.2) is 15.8 Å². The first-order valence-electron chi connectivity index (χ1n) is 5.12. The van der Waals surface area contributed by atoms with E-state index in [9.17, 15) is 0 Å². The SMILES string of the molecule is CCCOc1nc(NN)nc(Sc2ncns2)n1. The van der Waals surface area contributed by atoms with Crippen LogP contribution in [0.5, 0.6) is 6.01 Å². The number of nitrogen functional groups attached to an aromatic ring is 1. The Bertz CT molecular complexity index is 492. The van der Waals surface area contributed by atoms with Crippen molar-refractivity contribution in [3.8, 4) is 6.01 Å². The van der Waals surface area contributed by atoms with Gasteiger partial charge in [-0.25, -0.2) is 10.8 Å². The second-order valence-electron chi connectivity index (χ2n) is 3.03. The Morgan fingerprint density at radius 3 is 3.00 bits per heavy atom. The second kappa shape index (κ2) is 6.42. The van der Waals surface area contributed by atoms with Gasteiger partial charge in [0.15, 0.2) is 4.34 Å². The minimum absolute atomic E-state index is 0.242. The molecule has 0 spiro atoms. The van der Waals surface area contributed by atoms with Gasteiger partial charge in [0.25, 0.3) is 0 Å². The van der Waals surface area contributed by atoms with E-state index in [1.807, 2.05) is 6.92 Å². The molecule has 0 saturated carbocycles. The van der Waals surface area contributed by atoms with Crippen molar-refractivity contribution >= 4 is 29.2 Å². The smallest absolute Gasteiger partial charge is 0.322 e. The molecule has 0 bridgehead atoms. The summed E-state index contributed by atoms with van der Waals surface area (Å²) in [6, 6.07) is 0.242. The van der Waals surface area contributed by atoms with E-state index in [2.05, 4.69) is 29.7 Å². The zero-order valence-corrected chi connectivity index (χ0v) is 11.2. The van der Waals surface area contributed by atoms with E-state index in [4.69, 9.17) is 10.6 Å². The standard InChI is InChI=1S/C8H11N7OS2/c1-2-3-16-6-12-5(15-9)13-7(14-6)17-8-10-4-11-18-8/h4H,2-3,9H2,1H3,(H,12,13,14,15). The first kappa shape index (κ1) is 12.9. The molecule has 0 fully saturated rings. The predicted octanol–water partition coefficient (Wildman–Crippen LogP) is 0.949. The van der Waals surface area contributed by atoms with Gasteiger partial charge in [-0.1, -0.05) is 6.92 Å². The number of hydrogen-bond acceptors (Lipinski definition) is 10. The van der Waals surface area contributed by atoms with E-state index in [0.29, 0.717) is 11.8 Å². The fourth-order valence-corrected chi connectivity index (χ4v) is 2.28. The van der Waals surface area contributed by atoms with Crippen LogP contribution in [-0.2, 0) is 0 Å². The molecule has 0 atom stereocenters. The fraction of sp³-hybridized carbons (Fsp3) is 0.375. The maximum Gasteiger partial charge on any atom is 0.322 e. The topological polar surface area (TPSA) is 112 Å². The van der Waals surface area contributed by atoms with Crippen LogP contribution in [0.2, 0.25) is 0 Å². The lowest BCUT2D eigenvalue weighted by molar-refractivity contribution is 0.288. The number of anilines is 1. The number of aromatic nitrogens is 5. The van der Waals surface area contributed by atoms with E-state index in [0.717, 1.165) is 10.8 Å². The first-order valence-corrected chi connectivity index (χ1v) is 6.71. The van der Waals surface area contributed by atoms with Crippen molar-refractivity contribution in [2.45, 2.75) is 22.8 Å². The highest BCUT2D eigenvalue weighted by Gasteiger charge is 2.10. The molecular formula is C8H11N7OS2. The molecule has 0 aliphatic rings. The molecule has 2 heterocycles. The fourth-order valence-electron chi connectivity index (χ4n) is 0.992. The molecule has 0 unspecified atom stereocenters. The van der Waals surface area contributed by atoms with Crippen molar-refractivity contribution in [3.05, 3.63) is 6.33 Å². The number of nitrogens with one attached hydrogen (secondary N) is 1. The average Bonchev–Trinajstić information content (AvgIpc) is 2.89. The Morgan fingerprint density at radius 1 is 1.44 bits per heavy atom. The minimum atomic E-state index is 0.242. The van der Waals surface area contributed by atoms with Crippen LogP contribution in [0.4, 0.5) is 5.95 Å². The molecule has 0 aliphatic heterocycles. The molecule has 2 aromatic heterocycles. The van der Waals surface area contributed by atoms with E-state index in [1.54, 1.807) is 0 Å². The number of ether oxygens (including phenoxy) is 1. The summed E-state index contributed by atoms with van der Waals surface area (Å²) in [6.07, 6.45) is 2.35. The van der Waals surface area contributed by atoms with Crippen LogP contribution in [0.1, 0.15) is 13.3 Å². The zero-order valence-electron chi connectivity index (χ0n) is 9.53. The maximum absolute atomic E-state index is 5.35. The minimum Gasteiger partial charge on any atom is -0.463 e. The van der Waals surface area contributed by atoms with E-state index in [-0.39, 0.29) is 12.0 Å².